The van der Waals surface area contributed by atoms with Crippen LogP contribution in [0.5, 0.6) is 0 Å². The van der Waals surface area contributed by atoms with Gasteiger partial charge in [0.15, 0.2) is 6.04 Å². The minimum atomic E-state index is -1.53. The quantitative estimate of drug-likeness (QED) is 0.727. The van der Waals surface area contributed by atoms with Gasteiger partial charge in [-0.1, -0.05) is 6.07 Å². The van der Waals surface area contributed by atoms with Crippen molar-refractivity contribution in [3.8, 4) is 0 Å². The number of aliphatic hydroxyl groups is 1. The highest BCUT2D eigenvalue weighted by Gasteiger charge is 2.25. The minimum absolute atomic E-state index is 0.449. The molecule has 1 aromatic carbocycles. The van der Waals surface area contributed by atoms with Gasteiger partial charge in [0.2, 0.25) is 5.91 Å². The fourth-order valence-electron chi connectivity index (χ4n) is 1.47. The molecule has 0 aliphatic heterocycles. The first-order valence-corrected chi connectivity index (χ1v) is 5.46. The van der Waals surface area contributed by atoms with Crippen LogP contribution in [-0.2, 0) is 16.0 Å². The molecule has 5 nitrogen and oxygen atoms in total. The van der Waals surface area contributed by atoms with E-state index < -0.39 is 47.6 Å². The summed E-state index contributed by atoms with van der Waals surface area (Å²) in [4.78, 5) is 22.3. The molecule has 1 aromatic rings. The molecule has 3 N–H and O–H groups in total. The minimum Gasteiger partial charge on any atom is -0.480 e. The summed E-state index contributed by atoms with van der Waals surface area (Å²) in [6.45, 7) is 1.18. The van der Waals surface area contributed by atoms with E-state index in [-0.39, 0.29) is 0 Å². The molecular formula is C12H13F2NO4. The van der Waals surface area contributed by atoms with E-state index in [4.69, 9.17) is 10.2 Å². The molecule has 0 aliphatic carbocycles. The number of carbonyl (C=O) groups excluding carboxylic acids is 1. The number of carboxylic acid groups (broad SMARTS) is 1. The number of carboxylic acids is 1. The number of benzene rings is 1. The van der Waals surface area contributed by atoms with E-state index >= 15 is 0 Å². The molecule has 0 heterocycles. The van der Waals surface area contributed by atoms with E-state index in [0.717, 1.165) is 18.2 Å². The first-order valence-electron chi connectivity index (χ1n) is 5.46. The second kappa shape index (κ2) is 6.24. The highest BCUT2D eigenvalue weighted by molar-refractivity contribution is 5.85. The zero-order chi connectivity index (χ0) is 14.6. The van der Waals surface area contributed by atoms with Crippen LogP contribution in [0.4, 0.5) is 8.78 Å². The molecule has 0 spiro atoms. The van der Waals surface area contributed by atoms with Crippen molar-refractivity contribution in [3.05, 3.63) is 35.4 Å². The predicted octanol–water partition coefficient (Wildman–Crippen LogP) is 0.457. The Morgan fingerprint density at radius 1 is 1.32 bits per heavy atom. The van der Waals surface area contributed by atoms with E-state index in [1.807, 2.05) is 5.32 Å². The zero-order valence-corrected chi connectivity index (χ0v) is 10.1. The van der Waals surface area contributed by atoms with Crippen molar-refractivity contribution in [1.82, 2.24) is 5.32 Å². The fourth-order valence-corrected chi connectivity index (χ4v) is 1.47. The average Bonchev–Trinajstić information content (AvgIpc) is 2.30. The number of rotatable bonds is 5. The van der Waals surface area contributed by atoms with E-state index in [0.29, 0.717) is 0 Å². The molecule has 0 aromatic heterocycles. The molecule has 1 rings (SSSR count). The lowest BCUT2D eigenvalue weighted by molar-refractivity contribution is -0.144. The summed E-state index contributed by atoms with van der Waals surface area (Å²) in [7, 11) is 0. The third-order valence-electron chi connectivity index (χ3n) is 2.46. The van der Waals surface area contributed by atoms with Gasteiger partial charge in [-0.05, 0) is 19.1 Å². The summed E-state index contributed by atoms with van der Waals surface area (Å²) in [6.07, 6.45) is -1.97. The SMILES string of the molecule is C[C@@H](O)[C@H](NC(=O)Cc1c(F)cccc1F)C(=O)O. The van der Waals surface area contributed by atoms with Gasteiger partial charge in [0.1, 0.15) is 11.6 Å². The fraction of sp³-hybridized carbons (Fsp3) is 0.333. The molecule has 19 heavy (non-hydrogen) atoms. The molecule has 0 aliphatic rings. The number of aliphatic hydroxyl groups excluding tert-OH is 1. The van der Waals surface area contributed by atoms with Crippen LogP contribution >= 0.6 is 0 Å². The first kappa shape index (κ1) is 15.0. The Bertz CT molecular complexity index is 470. The largest absolute Gasteiger partial charge is 0.480 e. The van der Waals surface area contributed by atoms with E-state index in [1.54, 1.807) is 0 Å². The molecule has 0 unspecified atom stereocenters. The van der Waals surface area contributed by atoms with Crippen LogP contribution in [0.3, 0.4) is 0 Å². The van der Waals surface area contributed by atoms with Gasteiger partial charge < -0.3 is 15.5 Å². The number of hydrogen-bond donors (Lipinski definition) is 3. The van der Waals surface area contributed by atoms with Crippen molar-refractivity contribution in [2.24, 2.45) is 0 Å². The molecule has 0 radical (unpaired) electrons. The Morgan fingerprint density at radius 3 is 2.26 bits per heavy atom. The maximum Gasteiger partial charge on any atom is 0.328 e. The number of nitrogens with one attached hydrogen (secondary N) is 1. The van der Waals surface area contributed by atoms with Crippen LogP contribution in [0.15, 0.2) is 18.2 Å². The Balaban J connectivity index is 2.78. The highest BCUT2D eigenvalue weighted by Crippen LogP contribution is 2.12. The van der Waals surface area contributed by atoms with E-state index in [9.17, 15) is 18.4 Å². The van der Waals surface area contributed by atoms with Gasteiger partial charge in [-0.15, -0.1) is 0 Å². The van der Waals surface area contributed by atoms with Crippen molar-refractivity contribution in [1.29, 1.82) is 0 Å². The Morgan fingerprint density at radius 2 is 1.84 bits per heavy atom. The van der Waals surface area contributed by atoms with Crippen LogP contribution in [0, 0.1) is 11.6 Å². The summed E-state index contributed by atoms with van der Waals surface area (Å²) >= 11 is 0. The van der Waals surface area contributed by atoms with Gasteiger partial charge in [-0.3, -0.25) is 4.79 Å². The highest BCUT2D eigenvalue weighted by atomic mass is 19.1. The molecule has 0 bridgehead atoms. The van der Waals surface area contributed by atoms with Gasteiger partial charge in [0.05, 0.1) is 12.5 Å². The second-order valence-corrected chi connectivity index (χ2v) is 4.00. The molecular weight excluding hydrogens is 260 g/mol. The van der Waals surface area contributed by atoms with Gasteiger partial charge in [0, 0.05) is 5.56 Å². The summed E-state index contributed by atoms with van der Waals surface area (Å²) in [6, 6.07) is 1.62. The second-order valence-electron chi connectivity index (χ2n) is 4.00. The molecule has 7 heteroatoms. The van der Waals surface area contributed by atoms with Gasteiger partial charge >= 0.3 is 5.97 Å². The van der Waals surface area contributed by atoms with Crippen LogP contribution in [0.25, 0.3) is 0 Å². The maximum absolute atomic E-state index is 13.3. The van der Waals surface area contributed by atoms with Crippen LogP contribution in [0.2, 0.25) is 0 Å². The number of amides is 1. The van der Waals surface area contributed by atoms with E-state index in [1.165, 1.54) is 6.92 Å². The molecule has 0 saturated heterocycles. The zero-order valence-electron chi connectivity index (χ0n) is 10.1. The summed E-state index contributed by atoms with van der Waals surface area (Å²) in [5, 5.41) is 19.9. The molecule has 1 amide bonds. The lowest BCUT2D eigenvalue weighted by Gasteiger charge is -2.17. The van der Waals surface area contributed by atoms with Gasteiger partial charge in [0.25, 0.3) is 0 Å². The first-order chi connectivity index (χ1) is 8.82. The van der Waals surface area contributed by atoms with Crippen LogP contribution in [0.1, 0.15) is 12.5 Å². The van der Waals surface area contributed by atoms with Crippen molar-refractivity contribution in [3.63, 3.8) is 0 Å². The lowest BCUT2D eigenvalue weighted by atomic mass is 10.1. The number of halogens is 2. The van der Waals surface area contributed by atoms with Crippen molar-refractivity contribution >= 4 is 11.9 Å². The molecule has 2 atom stereocenters. The maximum atomic E-state index is 13.3. The molecule has 0 fully saturated rings. The number of hydrogen-bond acceptors (Lipinski definition) is 3. The topological polar surface area (TPSA) is 86.6 Å². The van der Waals surface area contributed by atoms with Gasteiger partial charge in [-0.25, -0.2) is 13.6 Å². The lowest BCUT2D eigenvalue weighted by Crippen LogP contribution is -2.48. The molecule has 104 valence electrons. The Kier molecular flexibility index (Phi) is 4.94. The number of carbonyl (C=O) groups is 2. The van der Waals surface area contributed by atoms with Crippen LogP contribution in [-0.4, -0.2) is 34.2 Å². The third-order valence-corrected chi connectivity index (χ3v) is 2.46. The number of aliphatic carboxylic acids is 1. The van der Waals surface area contributed by atoms with Crippen LogP contribution < -0.4 is 5.32 Å². The molecule has 0 saturated carbocycles. The van der Waals surface area contributed by atoms with E-state index in [2.05, 4.69) is 0 Å². The Hall–Kier alpha value is -2.02. The van der Waals surface area contributed by atoms with Gasteiger partial charge in [-0.2, -0.15) is 0 Å². The van der Waals surface area contributed by atoms with Crippen molar-refractivity contribution in [2.45, 2.75) is 25.5 Å². The summed E-state index contributed by atoms with van der Waals surface area (Å²) in [5.41, 5.74) is -0.449. The third kappa shape index (κ3) is 3.99. The Labute approximate surface area is 107 Å². The van der Waals surface area contributed by atoms with Crippen molar-refractivity contribution < 1.29 is 28.6 Å². The normalized spacial score (nSPS) is 13.7. The summed E-state index contributed by atoms with van der Waals surface area (Å²) < 4.78 is 26.6. The predicted molar refractivity (Wildman–Crippen MR) is 61.3 cm³/mol. The van der Waals surface area contributed by atoms with Crippen molar-refractivity contribution in [2.75, 3.05) is 0 Å². The average molecular weight is 273 g/mol. The monoisotopic (exact) mass is 273 g/mol. The summed E-state index contributed by atoms with van der Waals surface area (Å²) in [5.74, 6) is -4.10. The standard InChI is InChI=1S/C12H13F2NO4/c1-6(16)11(12(18)19)15-10(17)5-7-8(13)3-2-4-9(7)14/h2-4,6,11,16H,5H2,1H3,(H,15,17)(H,18,19)/t6-,11+/m1/s1. The smallest absolute Gasteiger partial charge is 0.328 e.